The van der Waals surface area contributed by atoms with Crippen molar-refractivity contribution in [3.05, 3.63) is 71.9 Å². The van der Waals surface area contributed by atoms with Crippen molar-refractivity contribution in [2.45, 2.75) is 33.3 Å². The van der Waals surface area contributed by atoms with Gasteiger partial charge in [0, 0.05) is 41.7 Å². The fourth-order valence-electron chi connectivity index (χ4n) is 4.31. The van der Waals surface area contributed by atoms with Crippen molar-refractivity contribution in [2.24, 2.45) is 5.92 Å². The van der Waals surface area contributed by atoms with Crippen molar-refractivity contribution < 1.29 is 19.0 Å². The smallest absolute Gasteiger partial charge is 0.309 e. The molecule has 6 nitrogen and oxygen atoms in total. The summed E-state index contributed by atoms with van der Waals surface area (Å²) >= 11 is 0. The van der Waals surface area contributed by atoms with Crippen LogP contribution in [0.1, 0.15) is 31.0 Å². The zero-order valence-electron chi connectivity index (χ0n) is 20.1. The van der Waals surface area contributed by atoms with Gasteiger partial charge in [0.2, 0.25) is 5.88 Å². The summed E-state index contributed by atoms with van der Waals surface area (Å²) in [6.45, 7) is 6.30. The molecule has 2 aromatic carbocycles. The van der Waals surface area contributed by atoms with Gasteiger partial charge in [0.1, 0.15) is 12.4 Å². The summed E-state index contributed by atoms with van der Waals surface area (Å²) in [7, 11) is 1.68. The maximum absolute atomic E-state index is 12.1. The van der Waals surface area contributed by atoms with E-state index in [2.05, 4.69) is 28.1 Å². The number of carbonyl (C=O) groups is 1. The van der Waals surface area contributed by atoms with E-state index in [4.69, 9.17) is 14.2 Å². The third-order valence-electron chi connectivity index (χ3n) is 6.17. The van der Waals surface area contributed by atoms with Crippen molar-refractivity contribution in [1.29, 1.82) is 0 Å². The molecule has 0 N–H and O–H groups in total. The van der Waals surface area contributed by atoms with Crippen LogP contribution in [0.5, 0.6) is 11.6 Å². The predicted octanol–water partition coefficient (Wildman–Crippen LogP) is 5.42. The van der Waals surface area contributed by atoms with Crippen molar-refractivity contribution in [3.8, 4) is 22.8 Å². The minimum atomic E-state index is -0.0787. The van der Waals surface area contributed by atoms with E-state index >= 15 is 0 Å². The van der Waals surface area contributed by atoms with Crippen LogP contribution in [0.3, 0.4) is 0 Å². The number of aromatic nitrogens is 1. The fourth-order valence-corrected chi connectivity index (χ4v) is 4.31. The summed E-state index contributed by atoms with van der Waals surface area (Å²) in [4.78, 5) is 19.0. The number of rotatable bonds is 8. The van der Waals surface area contributed by atoms with Crippen LogP contribution < -0.4 is 14.4 Å². The van der Waals surface area contributed by atoms with Crippen LogP contribution in [0.2, 0.25) is 0 Å². The Kier molecular flexibility index (Phi) is 7.68. The van der Waals surface area contributed by atoms with Gasteiger partial charge in [-0.3, -0.25) is 4.79 Å². The topological polar surface area (TPSA) is 60.9 Å². The first-order valence-electron chi connectivity index (χ1n) is 11.8. The molecule has 4 rings (SSSR count). The van der Waals surface area contributed by atoms with E-state index in [-0.39, 0.29) is 11.9 Å². The lowest BCUT2D eigenvalue weighted by Gasteiger charge is -2.33. The summed E-state index contributed by atoms with van der Waals surface area (Å²) < 4.78 is 17.1. The first-order chi connectivity index (χ1) is 16.6. The maximum Gasteiger partial charge on any atom is 0.309 e. The van der Waals surface area contributed by atoms with Gasteiger partial charge in [-0.1, -0.05) is 30.3 Å². The second-order valence-electron chi connectivity index (χ2n) is 8.48. The summed E-state index contributed by atoms with van der Waals surface area (Å²) in [6.07, 6.45) is 1.59. The Balaban J connectivity index is 1.54. The number of pyridine rings is 1. The van der Waals surface area contributed by atoms with Crippen molar-refractivity contribution >= 4 is 11.7 Å². The molecular formula is C28H32N2O4. The third kappa shape index (κ3) is 5.50. The van der Waals surface area contributed by atoms with E-state index < -0.39 is 0 Å². The molecule has 0 radical (unpaired) electrons. The predicted molar refractivity (Wildman–Crippen MR) is 133 cm³/mol. The van der Waals surface area contributed by atoms with Gasteiger partial charge in [-0.05, 0) is 56.5 Å². The SMILES string of the molecule is CCOC(=O)C1CCN(c2ccc(-c3ccc(C)nc3OCc3ccccc3)c(OC)c2)CC1. The number of piperidine rings is 1. The van der Waals surface area contributed by atoms with Crippen LogP contribution >= 0.6 is 0 Å². The van der Waals surface area contributed by atoms with Crippen LogP contribution in [0.15, 0.2) is 60.7 Å². The normalized spacial score (nSPS) is 14.0. The standard InChI is InChI=1S/C28H32N2O4/c1-4-33-28(31)22-14-16-30(17-15-22)23-11-13-24(26(18-23)32-3)25-12-10-20(2)29-27(25)34-19-21-8-6-5-7-9-21/h5-13,18,22H,4,14-17,19H2,1-3H3. The lowest BCUT2D eigenvalue weighted by atomic mass is 9.96. The summed E-state index contributed by atoms with van der Waals surface area (Å²) in [5, 5.41) is 0. The summed E-state index contributed by atoms with van der Waals surface area (Å²) in [6, 6.07) is 20.3. The van der Waals surface area contributed by atoms with Gasteiger partial charge in [0.05, 0.1) is 19.6 Å². The molecule has 0 bridgehead atoms. The van der Waals surface area contributed by atoms with E-state index in [0.29, 0.717) is 19.1 Å². The Morgan fingerprint density at radius 3 is 2.47 bits per heavy atom. The van der Waals surface area contributed by atoms with Gasteiger partial charge in [-0.15, -0.1) is 0 Å². The molecule has 0 spiro atoms. The van der Waals surface area contributed by atoms with Crippen LogP contribution in [0.4, 0.5) is 5.69 Å². The van der Waals surface area contributed by atoms with E-state index in [1.807, 2.05) is 56.3 Å². The first-order valence-corrected chi connectivity index (χ1v) is 11.8. The van der Waals surface area contributed by atoms with E-state index in [9.17, 15) is 4.79 Å². The number of benzene rings is 2. The van der Waals surface area contributed by atoms with Gasteiger partial charge in [-0.2, -0.15) is 0 Å². The molecule has 6 heteroatoms. The Hall–Kier alpha value is -3.54. The molecule has 34 heavy (non-hydrogen) atoms. The molecule has 178 valence electrons. The van der Waals surface area contributed by atoms with Crippen molar-refractivity contribution in [2.75, 3.05) is 31.7 Å². The number of nitrogens with zero attached hydrogens (tertiary/aromatic N) is 2. The van der Waals surface area contributed by atoms with Crippen LogP contribution in [-0.4, -0.2) is 37.8 Å². The van der Waals surface area contributed by atoms with E-state index in [1.54, 1.807) is 7.11 Å². The minimum Gasteiger partial charge on any atom is -0.496 e. The Labute approximate surface area is 201 Å². The van der Waals surface area contributed by atoms with Gasteiger partial charge in [0.25, 0.3) is 0 Å². The molecule has 0 saturated carbocycles. The quantitative estimate of drug-likeness (QED) is 0.418. The van der Waals surface area contributed by atoms with Crippen molar-refractivity contribution in [3.63, 3.8) is 0 Å². The lowest BCUT2D eigenvalue weighted by Crippen LogP contribution is -2.37. The highest BCUT2D eigenvalue weighted by atomic mass is 16.5. The van der Waals surface area contributed by atoms with E-state index in [1.165, 1.54) is 0 Å². The lowest BCUT2D eigenvalue weighted by molar-refractivity contribution is -0.148. The molecule has 2 heterocycles. The molecule has 0 amide bonds. The molecule has 1 saturated heterocycles. The first kappa shape index (κ1) is 23.6. The summed E-state index contributed by atoms with van der Waals surface area (Å²) in [5.74, 6) is 1.26. The monoisotopic (exact) mass is 460 g/mol. The number of methoxy groups -OCH3 is 1. The average molecular weight is 461 g/mol. The number of carbonyl (C=O) groups excluding carboxylic acids is 1. The second-order valence-corrected chi connectivity index (χ2v) is 8.48. The fraction of sp³-hybridized carbons (Fsp3) is 0.357. The zero-order chi connectivity index (χ0) is 23.9. The second kappa shape index (κ2) is 11.1. The van der Waals surface area contributed by atoms with Crippen LogP contribution in [0.25, 0.3) is 11.1 Å². The summed E-state index contributed by atoms with van der Waals surface area (Å²) in [5.41, 5.74) is 4.89. The Bertz CT molecular complexity index is 1110. The molecule has 1 fully saturated rings. The molecule has 0 unspecified atom stereocenters. The van der Waals surface area contributed by atoms with Crippen LogP contribution in [0, 0.1) is 12.8 Å². The van der Waals surface area contributed by atoms with Gasteiger partial charge in [-0.25, -0.2) is 4.98 Å². The average Bonchev–Trinajstić information content (AvgIpc) is 2.88. The number of hydrogen-bond acceptors (Lipinski definition) is 6. The van der Waals surface area contributed by atoms with Crippen LogP contribution in [-0.2, 0) is 16.1 Å². The van der Waals surface area contributed by atoms with Gasteiger partial charge >= 0.3 is 5.97 Å². The Morgan fingerprint density at radius 1 is 1.03 bits per heavy atom. The zero-order valence-corrected chi connectivity index (χ0v) is 20.1. The highest BCUT2D eigenvalue weighted by molar-refractivity contribution is 5.77. The molecule has 1 aliphatic heterocycles. The third-order valence-corrected chi connectivity index (χ3v) is 6.17. The molecule has 1 aliphatic rings. The number of ether oxygens (including phenoxy) is 3. The number of hydrogen-bond donors (Lipinski definition) is 0. The number of aryl methyl sites for hydroxylation is 1. The molecule has 0 aliphatic carbocycles. The van der Waals surface area contributed by atoms with Gasteiger partial charge in [0.15, 0.2) is 0 Å². The van der Waals surface area contributed by atoms with Crippen molar-refractivity contribution in [1.82, 2.24) is 4.98 Å². The molecule has 3 aromatic rings. The molecule has 1 aromatic heterocycles. The number of anilines is 1. The van der Waals surface area contributed by atoms with Gasteiger partial charge < -0.3 is 19.1 Å². The maximum atomic E-state index is 12.1. The highest BCUT2D eigenvalue weighted by Gasteiger charge is 2.26. The number of esters is 1. The Morgan fingerprint density at radius 2 is 1.76 bits per heavy atom. The molecule has 0 atom stereocenters. The molecular weight excluding hydrogens is 428 g/mol. The minimum absolute atomic E-state index is 0.0136. The largest absolute Gasteiger partial charge is 0.496 e. The van der Waals surface area contributed by atoms with E-state index in [0.717, 1.165) is 59.8 Å². The highest BCUT2D eigenvalue weighted by Crippen LogP contribution is 2.39.